The number of carbonyl (C=O) groups is 1. The summed E-state index contributed by atoms with van der Waals surface area (Å²) in [6, 6.07) is 17.2. The number of benzene rings is 2. The van der Waals surface area contributed by atoms with Gasteiger partial charge in [0.15, 0.2) is 5.78 Å². The molecule has 0 spiro atoms. The van der Waals surface area contributed by atoms with E-state index in [1.807, 2.05) is 0 Å². The Labute approximate surface area is 176 Å². The third-order valence-corrected chi connectivity index (χ3v) is 6.20. The Kier molecular flexibility index (Phi) is 6.57. The zero-order valence-corrected chi connectivity index (χ0v) is 18.6. The molecule has 29 heavy (non-hydrogen) atoms. The minimum atomic E-state index is 0.164. The molecule has 1 unspecified atom stereocenters. The number of hydrogen-bond donors (Lipinski definition) is 0. The molecule has 1 nitrogen and oxygen atoms in total. The largest absolute Gasteiger partial charge is 0.289 e. The number of hydrogen-bond acceptors (Lipinski definition) is 1. The van der Waals surface area contributed by atoms with E-state index in [1.165, 1.54) is 11.1 Å². The quantitative estimate of drug-likeness (QED) is 0.504. The normalized spacial score (nSPS) is 20.4. The second kappa shape index (κ2) is 8.95. The molecule has 1 aliphatic rings. The zero-order chi connectivity index (χ0) is 21.0. The van der Waals surface area contributed by atoms with E-state index in [-0.39, 0.29) is 11.2 Å². The van der Waals surface area contributed by atoms with E-state index in [0.29, 0.717) is 5.92 Å². The Morgan fingerprint density at radius 2 is 1.14 bits per heavy atom. The fourth-order valence-electron chi connectivity index (χ4n) is 3.96. The van der Waals surface area contributed by atoms with Gasteiger partial charge < -0.3 is 0 Å². The van der Waals surface area contributed by atoms with Crippen molar-refractivity contribution < 1.29 is 4.79 Å². The molecule has 2 aromatic rings. The van der Waals surface area contributed by atoms with E-state index in [1.54, 1.807) is 0 Å². The average Bonchev–Trinajstić information content (AvgIpc) is 2.71. The topological polar surface area (TPSA) is 17.1 Å². The van der Waals surface area contributed by atoms with Gasteiger partial charge in [-0.05, 0) is 71.4 Å². The smallest absolute Gasteiger partial charge is 0.185 e. The van der Waals surface area contributed by atoms with Crippen LogP contribution in [0.25, 0.3) is 12.2 Å². The molecule has 152 valence electrons. The summed E-state index contributed by atoms with van der Waals surface area (Å²) in [5, 5.41) is 0. The molecule has 2 aromatic carbocycles. The molecule has 0 saturated heterocycles. The van der Waals surface area contributed by atoms with Crippen LogP contribution >= 0.6 is 0 Å². The lowest BCUT2D eigenvalue weighted by molar-refractivity contribution is -0.113. The van der Waals surface area contributed by atoms with Gasteiger partial charge in [-0.2, -0.15) is 0 Å². The van der Waals surface area contributed by atoms with Crippen molar-refractivity contribution in [2.24, 2.45) is 11.3 Å². The summed E-state index contributed by atoms with van der Waals surface area (Å²) in [5.41, 5.74) is 6.93. The fraction of sp³-hybridized carbons (Fsp3) is 0.393. The zero-order valence-electron chi connectivity index (χ0n) is 18.6. The van der Waals surface area contributed by atoms with Gasteiger partial charge in [0.2, 0.25) is 0 Å². The van der Waals surface area contributed by atoms with E-state index in [4.69, 9.17) is 0 Å². The lowest BCUT2D eigenvalue weighted by Crippen LogP contribution is -2.29. The first kappa shape index (κ1) is 21.3. The van der Waals surface area contributed by atoms with Crippen molar-refractivity contribution in [3.05, 3.63) is 81.9 Å². The highest BCUT2D eigenvalue weighted by Crippen LogP contribution is 2.42. The van der Waals surface area contributed by atoms with Gasteiger partial charge in [-0.25, -0.2) is 0 Å². The van der Waals surface area contributed by atoms with Crippen molar-refractivity contribution in [3.8, 4) is 0 Å². The van der Waals surface area contributed by atoms with Gasteiger partial charge in [0.05, 0.1) is 0 Å². The standard InChI is InChI=1S/C28H34O/c1-6-20-8-12-22(13-9-20)16-24-18-26(28(3,4)5)19-25(27(24)29)17-23-14-10-21(7-2)11-15-23/h8-17,26H,6-7,18-19H2,1-5H3/b24-16-,25-17+. The minimum Gasteiger partial charge on any atom is -0.289 e. The van der Waals surface area contributed by atoms with Crippen LogP contribution in [-0.2, 0) is 17.6 Å². The van der Waals surface area contributed by atoms with E-state index < -0.39 is 0 Å². The molecule has 0 bridgehead atoms. The van der Waals surface area contributed by atoms with Gasteiger partial charge in [0.1, 0.15) is 0 Å². The maximum absolute atomic E-state index is 13.3. The van der Waals surface area contributed by atoms with Crippen molar-refractivity contribution in [2.45, 2.75) is 60.3 Å². The van der Waals surface area contributed by atoms with Gasteiger partial charge in [-0.15, -0.1) is 0 Å². The number of aryl methyl sites for hydroxylation is 2. The van der Waals surface area contributed by atoms with Crippen LogP contribution in [0.3, 0.4) is 0 Å². The number of allylic oxidation sites excluding steroid dienone is 2. The van der Waals surface area contributed by atoms with Crippen molar-refractivity contribution in [1.82, 2.24) is 0 Å². The molecular weight excluding hydrogens is 352 g/mol. The molecule has 1 saturated carbocycles. The van der Waals surface area contributed by atoms with Gasteiger partial charge in [0, 0.05) is 11.1 Å². The van der Waals surface area contributed by atoms with Gasteiger partial charge in [-0.3, -0.25) is 4.79 Å². The maximum atomic E-state index is 13.3. The van der Waals surface area contributed by atoms with Crippen LogP contribution in [0.15, 0.2) is 59.7 Å². The summed E-state index contributed by atoms with van der Waals surface area (Å²) in [7, 11) is 0. The fourth-order valence-corrected chi connectivity index (χ4v) is 3.96. The van der Waals surface area contributed by atoms with Crippen LogP contribution in [0.4, 0.5) is 0 Å². The number of rotatable bonds is 4. The first-order chi connectivity index (χ1) is 13.8. The van der Waals surface area contributed by atoms with Crippen LogP contribution in [0, 0.1) is 11.3 Å². The van der Waals surface area contributed by atoms with Crippen LogP contribution in [0.2, 0.25) is 0 Å². The van der Waals surface area contributed by atoms with Crippen molar-refractivity contribution >= 4 is 17.9 Å². The number of ketones is 1. The molecule has 0 radical (unpaired) electrons. The highest BCUT2D eigenvalue weighted by atomic mass is 16.1. The van der Waals surface area contributed by atoms with Gasteiger partial charge in [0.25, 0.3) is 0 Å². The summed E-state index contributed by atoms with van der Waals surface area (Å²) in [4.78, 5) is 13.3. The minimum absolute atomic E-state index is 0.164. The molecule has 1 atom stereocenters. The molecule has 0 N–H and O–H groups in total. The Balaban J connectivity index is 1.96. The van der Waals surface area contributed by atoms with E-state index in [0.717, 1.165) is 48.0 Å². The summed E-state index contributed by atoms with van der Waals surface area (Å²) in [6.45, 7) is 11.2. The Morgan fingerprint density at radius 1 is 0.759 bits per heavy atom. The molecule has 1 heteroatoms. The van der Waals surface area contributed by atoms with Crippen LogP contribution in [-0.4, -0.2) is 5.78 Å². The summed E-state index contributed by atoms with van der Waals surface area (Å²) in [6.07, 6.45) is 7.98. The SMILES string of the molecule is CCc1ccc(/C=C2/CC(C(C)(C)C)C/C(=C\c3ccc(CC)cc3)C2=O)cc1. The lowest BCUT2D eigenvalue weighted by Gasteiger charge is -2.35. The number of Topliss-reactive ketones (excluding diaryl/α,β-unsaturated/α-hetero) is 1. The lowest BCUT2D eigenvalue weighted by atomic mass is 9.68. The third-order valence-electron chi connectivity index (χ3n) is 6.20. The van der Waals surface area contributed by atoms with E-state index >= 15 is 0 Å². The molecule has 3 rings (SSSR count). The van der Waals surface area contributed by atoms with Crippen LogP contribution < -0.4 is 0 Å². The summed E-state index contributed by atoms with van der Waals surface area (Å²) in [5.74, 6) is 0.673. The highest BCUT2D eigenvalue weighted by Gasteiger charge is 2.34. The molecule has 0 amide bonds. The molecule has 1 aliphatic carbocycles. The van der Waals surface area contributed by atoms with Gasteiger partial charge in [-0.1, -0.05) is 83.1 Å². The average molecular weight is 387 g/mol. The molecule has 0 aromatic heterocycles. The first-order valence-corrected chi connectivity index (χ1v) is 10.9. The first-order valence-electron chi connectivity index (χ1n) is 10.9. The molecule has 0 heterocycles. The predicted molar refractivity (Wildman–Crippen MR) is 125 cm³/mol. The monoisotopic (exact) mass is 386 g/mol. The number of carbonyl (C=O) groups excluding carboxylic acids is 1. The highest BCUT2D eigenvalue weighted by molar-refractivity contribution is 6.14. The van der Waals surface area contributed by atoms with E-state index in [9.17, 15) is 4.79 Å². The predicted octanol–water partition coefficient (Wildman–Crippen LogP) is 7.30. The Bertz CT molecular complexity index is 833. The van der Waals surface area contributed by atoms with Crippen LogP contribution in [0.5, 0.6) is 0 Å². The van der Waals surface area contributed by atoms with Crippen molar-refractivity contribution in [3.63, 3.8) is 0 Å². The van der Waals surface area contributed by atoms with E-state index in [2.05, 4.69) is 95.3 Å². The third kappa shape index (κ3) is 5.35. The van der Waals surface area contributed by atoms with Crippen LogP contribution in [0.1, 0.15) is 69.7 Å². The Morgan fingerprint density at radius 3 is 1.45 bits per heavy atom. The molecular formula is C28H34O. The van der Waals surface area contributed by atoms with Gasteiger partial charge >= 0.3 is 0 Å². The second-order valence-electron chi connectivity index (χ2n) is 9.33. The molecule has 1 fully saturated rings. The molecule has 0 aliphatic heterocycles. The summed E-state index contributed by atoms with van der Waals surface area (Å²) < 4.78 is 0. The van der Waals surface area contributed by atoms with Crippen molar-refractivity contribution in [2.75, 3.05) is 0 Å². The van der Waals surface area contributed by atoms with Crippen molar-refractivity contribution in [1.29, 1.82) is 0 Å². The Hall–Kier alpha value is -2.41. The maximum Gasteiger partial charge on any atom is 0.185 e. The summed E-state index contributed by atoms with van der Waals surface area (Å²) >= 11 is 0. The second-order valence-corrected chi connectivity index (χ2v) is 9.33.